The molecule has 3 rings (SSSR count). The number of aliphatic hydroxyl groups is 1. The van der Waals surface area contributed by atoms with Crippen LogP contribution in [-0.2, 0) is 0 Å². The van der Waals surface area contributed by atoms with E-state index in [0.717, 1.165) is 31.1 Å². The van der Waals surface area contributed by atoms with Crippen molar-refractivity contribution in [1.82, 2.24) is 4.90 Å². The lowest BCUT2D eigenvalue weighted by atomic mass is 9.96. The van der Waals surface area contributed by atoms with Crippen molar-refractivity contribution in [2.24, 2.45) is 5.92 Å². The fourth-order valence-corrected chi connectivity index (χ4v) is 3.10. The molecule has 1 heterocycles. The van der Waals surface area contributed by atoms with Crippen molar-refractivity contribution in [3.63, 3.8) is 0 Å². The highest BCUT2D eigenvalue weighted by Crippen LogP contribution is 2.30. The van der Waals surface area contributed by atoms with E-state index in [1.165, 1.54) is 12.8 Å². The molecule has 1 saturated heterocycles. The average Bonchev–Trinajstić information content (AvgIpc) is 3.17. The van der Waals surface area contributed by atoms with Crippen LogP contribution in [0.15, 0.2) is 24.3 Å². The molecule has 0 spiro atoms. The van der Waals surface area contributed by atoms with Gasteiger partial charge in [0.1, 0.15) is 5.75 Å². The van der Waals surface area contributed by atoms with E-state index in [0.29, 0.717) is 12.1 Å². The molecule has 1 unspecified atom stereocenters. The minimum atomic E-state index is -0.862. The number of carbonyl (C=O) groups is 1. The smallest absolute Gasteiger partial charge is 0.254 e. The highest BCUT2D eigenvalue weighted by Gasteiger charge is 2.38. The maximum Gasteiger partial charge on any atom is 0.254 e. The van der Waals surface area contributed by atoms with Crippen LogP contribution in [0.3, 0.4) is 0 Å². The fourth-order valence-electron chi connectivity index (χ4n) is 3.10. The molecular formula is C18H25NO3. The molecule has 2 aliphatic rings. The van der Waals surface area contributed by atoms with Gasteiger partial charge in [-0.2, -0.15) is 0 Å². The molecule has 1 atom stereocenters. The number of carbonyl (C=O) groups excluding carboxylic acids is 1. The van der Waals surface area contributed by atoms with Gasteiger partial charge in [0.2, 0.25) is 0 Å². The van der Waals surface area contributed by atoms with Crippen LogP contribution in [0.2, 0.25) is 0 Å². The molecular weight excluding hydrogens is 278 g/mol. The molecule has 1 aliphatic heterocycles. The van der Waals surface area contributed by atoms with Crippen LogP contribution in [0.25, 0.3) is 0 Å². The zero-order valence-electron chi connectivity index (χ0n) is 13.4. The molecule has 1 saturated carbocycles. The van der Waals surface area contributed by atoms with Crippen molar-refractivity contribution in [3.05, 3.63) is 29.8 Å². The van der Waals surface area contributed by atoms with Crippen molar-refractivity contribution in [2.45, 2.75) is 51.2 Å². The maximum absolute atomic E-state index is 12.7. The van der Waals surface area contributed by atoms with Gasteiger partial charge in [-0.05, 0) is 69.7 Å². The molecule has 1 N–H and O–H groups in total. The molecule has 1 amide bonds. The molecule has 2 fully saturated rings. The minimum Gasteiger partial charge on any atom is -0.493 e. The molecule has 120 valence electrons. The molecule has 4 heteroatoms. The minimum absolute atomic E-state index is 0.00151. The number of hydrogen-bond donors (Lipinski definition) is 1. The van der Waals surface area contributed by atoms with Crippen LogP contribution < -0.4 is 4.74 Å². The van der Waals surface area contributed by atoms with E-state index in [2.05, 4.69) is 0 Å². The standard InChI is InChI=1S/C18H25NO3/c1-18(2,21)16-4-3-11-19(16)17(20)14-7-9-15(10-8-14)22-12-13-5-6-13/h7-10,13,16,21H,3-6,11-12H2,1-2H3. The summed E-state index contributed by atoms with van der Waals surface area (Å²) in [5, 5.41) is 10.2. The van der Waals surface area contributed by atoms with E-state index >= 15 is 0 Å². The van der Waals surface area contributed by atoms with Crippen molar-refractivity contribution in [3.8, 4) is 5.75 Å². The van der Waals surface area contributed by atoms with Crippen molar-refractivity contribution in [2.75, 3.05) is 13.2 Å². The third-order valence-electron chi connectivity index (χ3n) is 4.61. The van der Waals surface area contributed by atoms with Crippen LogP contribution in [0, 0.1) is 5.92 Å². The number of amides is 1. The zero-order chi connectivity index (χ0) is 15.7. The predicted molar refractivity (Wildman–Crippen MR) is 85.0 cm³/mol. The Hall–Kier alpha value is -1.55. The number of ether oxygens (including phenoxy) is 1. The normalized spacial score (nSPS) is 22.0. The molecule has 1 aromatic carbocycles. The van der Waals surface area contributed by atoms with Gasteiger partial charge in [0.25, 0.3) is 5.91 Å². The predicted octanol–water partition coefficient (Wildman–Crippen LogP) is 2.85. The van der Waals surface area contributed by atoms with Crippen molar-refractivity contribution < 1.29 is 14.6 Å². The van der Waals surface area contributed by atoms with Gasteiger partial charge < -0.3 is 14.7 Å². The third kappa shape index (κ3) is 3.43. The lowest BCUT2D eigenvalue weighted by Crippen LogP contribution is -2.48. The van der Waals surface area contributed by atoms with Gasteiger partial charge in [0.15, 0.2) is 0 Å². The first kappa shape index (κ1) is 15.3. The summed E-state index contributed by atoms with van der Waals surface area (Å²) in [6.45, 7) is 5.05. The SMILES string of the molecule is CC(C)(O)C1CCCN1C(=O)c1ccc(OCC2CC2)cc1. The number of rotatable bonds is 5. The molecule has 1 aliphatic carbocycles. The van der Waals surface area contributed by atoms with Crippen LogP contribution in [0.1, 0.15) is 49.9 Å². The van der Waals surface area contributed by atoms with Gasteiger partial charge in [-0.15, -0.1) is 0 Å². The molecule has 0 aromatic heterocycles. The number of nitrogens with zero attached hydrogens (tertiary/aromatic N) is 1. The monoisotopic (exact) mass is 303 g/mol. The Labute approximate surface area is 132 Å². The van der Waals surface area contributed by atoms with Crippen LogP contribution >= 0.6 is 0 Å². The van der Waals surface area contributed by atoms with E-state index in [-0.39, 0.29) is 11.9 Å². The Kier molecular flexibility index (Phi) is 4.13. The zero-order valence-corrected chi connectivity index (χ0v) is 13.4. The van der Waals surface area contributed by atoms with Gasteiger partial charge in [0.05, 0.1) is 18.2 Å². The lowest BCUT2D eigenvalue weighted by Gasteiger charge is -2.33. The second-order valence-corrected chi connectivity index (χ2v) is 7.09. The van der Waals surface area contributed by atoms with Gasteiger partial charge in [-0.25, -0.2) is 0 Å². The van der Waals surface area contributed by atoms with Gasteiger partial charge in [-0.1, -0.05) is 0 Å². The Bertz CT molecular complexity index is 528. The quantitative estimate of drug-likeness (QED) is 0.910. The topological polar surface area (TPSA) is 49.8 Å². The van der Waals surface area contributed by atoms with E-state index in [1.54, 1.807) is 18.7 Å². The Morgan fingerprint density at radius 3 is 2.55 bits per heavy atom. The largest absolute Gasteiger partial charge is 0.493 e. The Balaban J connectivity index is 1.66. The highest BCUT2D eigenvalue weighted by molar-refractivity contribution is 5.94. The van der Waals surface area contributed by atoms with E-state index in [1.807, 2.05) is 24.3 Å². The van der Waals surface area contributed by atoms with Gasteiger partial charge in [0, 0.05) is 12.1 Å². The Morgan fingerprint density at radius 2 is 1.95 bits per heavy atom. The first-order valence-electron chi connectivity index (χ1n) is 8.21. The summed E-state index contributed by atoms with van der Waals surface area (Å²) in [6.07, 6.45) is 4.34. The molecule has 0 bridgehead atoms. The van der Waals surface area contributed by atoms with Crippen LogP contribution in [0.5, 0.6) is 5.75 Å². The number of likely N-dealkylation sites (tertiary alicyclic amines) is 1. The average molecular weight is 303 g/mol. The molecule has 22 heavy (non-hydrogen) atoms. The fraction of sp³-hybridized carbons (Fsp3) is 0.611. The Morgan fingerprint density at radius 1 is 1.27 bits per heavy atom. The summed E-state index contributed by atoms with van der Waals surface area (Å²) < 4.78 is 5.70. The first-order valence-corrected chi connectivity index (χ1v) is 8.21. The van der Waals surface area contributed by atoms with E-state index in [4.69, 9.17) is 4.74 Å². The van der Waals surface area contributed by atoms with Crippen molar-refractivity contribution in [1.29, 1.82) is 0 Å². The van der Waals surface area contributed by atoms with Crippen molar-refractivity contribution >= 4 is 5.91 Å². The number of benzene rings is 1. The molecule has 0 radical (unpaired) electrons. The molecule has 4 nitrogen and oxygen atoms in total. The highest BCUT2D eigenvalue weighted by atomic mass is 16.5. The summed E-state index contributed by atoms with van der Waals surface area (Å²) in [6, 6.07) is 7.27. The second kappa shape index (κ2) is 5.92. The van der Waals surface area contributed by atoms with E-state index < -0.39 is 5.60 Å². The van der Waals surface area contributed by atoms with Gasteiger partial charge in [-0.3, -0.25) is 4.79 Å². The van der Waals surface area contributed by atoms with E-state index in [9.17, 15) is 9.90 Å². The summed E-state index contributed by atoms with van der Waals surface area (Å²) in [4.78, 5) is 14.5. The first-order chi connectivity index (χ1) is 10.4. The molecule has 1 aromatic rings. The third-order valence-corrected chi connectivity index (χ3v) is 4.61. The summed E-state index contributed by atoms with van der Waals surface area (Å²) in [7, 11) is 0. The lowest BCUT2D eigenvalue weighted by molar-refractivity contribution is 0.000333. The summed E-state index contributed by atoms with van der Waals surface area (Å²) in [5.74, 6) is 1.54. The van der Waals surface area contributed by atoms with Crippen LogP contribution in [0.4, 0.5) is 0 Å². The second-order valence-electron chi connectivity index (χ2n) is 7.09. The maximum atomic E-state index is 12.7. The summed E-state index contributed by atoms with van der Waals surface area (Å²) >= 11 is 0. The summed E-state index contributed by atoms with van der Waals surface area (Å²) in [5.41, 5.74) is -0.200. The van der Waals surface area contributed by atoms with Crippen LogP contribution in [-0.4, -0.2) is 40.7 Å². The van der Waals surface area contributed by atoms with Gasteiger partial charge >= 0.3 is 0 Å². The number of hydrogen-bond acceptors (Lipinski definition) is 3.